The molecule has 0 aliphatic rings. The summed E-state index contributed by atoms with van der Waals surface area (Å²) in [5.74, 6) is 0.933. The summed E-state index contributed by atoms with van der Waals surface area (Å²) in [7, 11) is -3.48. The van der Waals surface area contributed by atoms with Crippen LogP contribution in [0.5, 0.6) is 5.75 Å². The Morgan fingerprint density at radius 2 is 1.41 bits per heavy atom. The van der Waals surface area contributed by atoms with Crippen LogP contribution in [-0.4, -0.2) is 15.0 Å². The molecule has 4 nitrogen and oxygen atoms in total. The van der Waals surface area contributed by atoms with Gasteiger partial charge in [-0.05, 0) is 56.7 Å². The number of benzene rings is 3. The molecule has 0 bridgehead atoms. The van der Waals surface area contributed by atoms with Crippen LogP contribution in [0.4, 0.5) is 5.69 Å². The highest BCUT2D eigenvalue weighted by Gasteiger charge is 2.12. The van der Waals surface area contributed by atoms with Gasteiger partial charge in [0.2, 0.25) is 0 Å². The second-order valence-electron chi connectivity index (χ2n) is 6.52. The zero-order valence-electron chi connectivity index (χ0n) is 16.8. The van der Waals surface area contributed by atoms with Gasteiger partial charge in [-0.3, -0.25) is 4.72 Å². The quantitative estimate of drug-likeness (QED) is 0.399. The first-order valence-electron chi connectivity index (χ1n) is 9.35. The van der Waals surface area contributed by atoms with E-state index in [4.69, 9.17) is 4.74 Å². The van der Waals surface area contributed by atoms with Gasteiger partial charge in [-0.1, -0.05) is 59.7 Å². The minimum absolute atomic E-state index is 0.264. The lowest BCUT2D eigenvalue weighted by Gasteiger charge is -2.07. The summed E-state index contributed by atoms with van der Waals surface area (Å²) < 4.78 is 31.9. The van der Waals surface area contributed by atoms with Crippen LogP contribution in [0.2, 0.25) is 0 Å². The smallest absolute Gasteiger partial charge is 0.261 e. The van der Waals surface area contributed by atoms with Crippen LogP contribution < -0.4 is 9.46 Å². The molecule has 29 heavy (non-hydrogen) atoms. The highest BCUT2D eigenvalue weighted by molar-refractivity contribution is 7.92. The van der Waals surface area contributed by atoms with Crippen LogP contribution in [0.3, 0.4) is 0 Å². The maximum Gasteiger partial charge on any atom is 0.261 e. The Labute approximate surface area is 173 Å². The second kappa shape index (κ2) is 11.1. The van der Waals surface area contributed by atoms with E-state index < -0.39 is 10.0 Å². The molecular formula is C24H27NO3S. The van der Waals surface area contributed by atoms with Crippen LogP contribution in [0.15, 0.2) is 96.4 Å². The fraction of sp³-hybridized carbons (Fsp3) is 0.167. The van der Waals surface area contributed by atoms with Gasteiger partial charge in [0.05, 0.1) is 11.5 Å². The highest BCUT2D eigenvalue weighted by atomic mass is 32.2. The third-order valence-corrected chi connectivity index (χ3v) is 5.37. The van der Waals surface area contributed by atoms with E-state index in [1.54, 1.807) is 42.5 Å². The minimum Gasteiger partial charge on any atom is -0.493 e. The summed E-state index contributed by atoms with van der Waals surface area (Å²) in [5, 5.41) is 0. The van der Waals surface area contributed by atoms with Crippen molar-refractivity contribution in [3.8, 4) is 5.75 Å². The Hall–Kier alpha value is -3.05. The van der Waals surface area contributed by atoms with Gasteiger partial charge >= 0.3 is 0 Å². The van der Waals surface area contributed by atoms with E-state index in [2.05, 4.69) is 18.2 Å². The van der Waals surface area contributed by atoms with Crippen molar-refractivity contribution >= 4 is 15.7 Å². The fourth-order valence-electron chi connectivity index (χ4n) is 2.33. The average Bonchev–Trinajstić information content (AvgIpc) is 2.72. The van der Waals surface area contributed by atoms with Gasteiger partial charge in [0.25, 0.3) is 10.0 Å². The van der Waals surface area contributed by atoms with Crippen molar-refractivity contribution in [3.05, 3.63) is 103 Å². The lowest BCUT2D eigenvalue weighted by Crippen LogP contribution is -2.12. The first-order chi connectivity index (χ1) is 13.9. The molecule has 0 spiro atoms. The Kier molecular flexibility index (Phi) is 8.49. The molecule has 3 aromatic rings. The number of nitrogens with one attached hydrogen (secondary N) is 1. The number of rotatable bonds is 7. The summed E-state index contributed by atoms with van der Waals surface area (Å²) in [6, 6.07) is 23.6. The lowest BCUT2D eigenvalue weighted by atomic mass is 10.2. The number of anilines is 1. The Morgan fingerprint density at radius 1 is 0.862 bits per heavy atom. The van der Waals surface area contributed by atoms with Gasteiger partial charge in [0.1, 0.15) is 5.75 Å². The van der Waals surface area contributed by atoms with Gasteiger partial charge in [-0.25, -0.2) is 8.42 Å². The average molecular weight is 410 g/mol. The summed E-state index contributed by atoms with van der Waals surface area (Å²) in [4.78, 5) is 0.264. The van der Waals surface area contributed by atoms with E-state index in [0.29, 0.717) is 12.3 Å². The van der Waals surface area contributed by atoms with Gasteiger partial charge in [0, 0.05) is 5.69 Å². The first kappa shape index (κ1) is 22.2. The molecule has 0 amide bonds. The molecule has 0 fully saturated rings. The molecule has 0 atom stereocenters. The van der Waals surface area contributed by atoms with Gasteiger partial charge in [-0.2, -0.15) is 0 Å². The second-order valence-corrected chi connectivity index (χ2v) is 8.21. The largest absolute Gasteiger partial charge is 0.493 e. The number of ether oxygens (including phenoxy) is 1. The zero-order valence-corrected chi connectivity index (χ0v) is 17.7. The molecule has 0 aliphatic carbocycles. The molecule has 0 aromatic heterocycles. The minimum atomic E-state index is -3.48. The van der Waals surface area contributed by atoms with Gasteiger partial charge in [0.15, 0.2) is 0 Å². The molecule has 0 saturated heterocycles. The van der Waals surface area contributed by atoms with Crippen molar-refractivity contribution in [1.29, 1.82) is 0 Å². The third kappa shape index (κ3) is 7.84. The van der Waals surface area contributed by atoms with Gasteiger partial charge in [-0.15, -0.1) is 6.58 Å². The number of hydrogen-bond acceptors (Lipinski definition) is 3. The topological polar surface area (TPSA) is 55.4 Å². The van der Waals surface area contributed by atoms with E-state index >= 15 is 0 Å². The molecule has 0 heterocycles. The molecule has 3 aromatic carbocycles. The summed E-state index contributed by atoms with van der Waals surface area (Å²) in [5.41, 5.74) is 2.91. The monoisotopic (exact) mass is 409 g/mol. The lowest BCUT2D eigenvalue weighted by molar-refractivity contribution is 0.325. The number of sulfonamides is 1. The molecule has 5 heteroatoms. The number of aryl methyl sites for hydroxylation is 2. The van der Waals surface area contributed by atoms with Crippen LogP contribution in [0.1, 0.15) is 17.5 Å². The third-order valence-electron chi connectivity index (χ3n) is 3.97. The SMILES string of the molecule is C=CCCOc1ccc(C)cc1.Cc1ccc(NS(=O)(=O)c2ccccc2)cc1. The Morgan fingerprint density at radius 3 is 1.97 bits per heavy atom. The van der Waals surface area contributed by atoms with Crippen molar-refractivity contribution in [2.75, 3.05) is 11.3 Å². The van der Waals surface area contributed by atoms with Crippen molar-refractivity contribution in [2.45, 2.75) is 25.2 Å². The summed E-state index contributed by atoms with van der Waals surface area (Å²) in [6.45, 7) is 8.36. The molecule has 0 aliphatic heterocycles. The van der Waals surface area contributed by atoms with Crippen molar-refractivity contribution in [2.24, 2.45) is 0 Å². The van der Waals surface area contributed by atoms with Crippen LogP contribution in [0.25, 0.3) is 0 Å². The first-order valence-corrected chi connectivity index (χ1v) is 10.8. The molecular weight excluding hydrogens is 382 g/mol. The van der Waals surface area contributed by atoms with E-state index in [9.17, 15) is 8.42 Å². The maximum atomic E-state index is 12.0. The Balaban J connectivity index is 0.000000221. The maximum absolute atomic E-state index is 12.0. The van der Waals surface area contributed by atoms with E-state index in [0.717, 1.165) is 17.7 Å². The van der Waals surface area contributed by atoms with Crippen LogP contribution in [-0.2, 0) is 10.0 Å². The molecule has 0 unspecified atom stereocenters. The molecule has 152 valence electrons. The summed E-state index contributed by atoms with van der Waals surface area (Å²) in [6.07, 6.45) is 2.75. The normalized spacial score (nSPS) is 10.4. The van der Waals surface area contributed by atoms with E-state index in [1.807, 2.05) is 49.4 Å². The molecule has 0 saturated carbocycles. The molecule has 1 N–H and O–H groups in total. The van der Waals surface area contributed by atoms with Gasteiger partial charge < -0.3 is 4.74 Å². The predicted molar refractivity (Wildman–Crippen MR) is 120 cm³/mol. The van der Waals surface area contributed by atoms with Crippen molar-refractivity contribution in [3.63, 3.8) is 0 Å². The highest BCUT2D eigenvalue weighted by Crippen LogP contribution is 2.16. The van der Waals surface area contributed by atoms with E-state index in [-0.39, 0.29) is 4.90 Å². The van der Waals surface area contributed by atoms with E-state index in [1.165, 1.54) is 5.56 Å². The predicted octanol–water partition coefficient (Wildman–Crippen LogP) is 5.75. The fourth-order valence-corrected chi connectivity index (χ4v) is 3.41. The molecule has 3 rings (SSSR count). The van der Waals surface area contributed by atoms with Crippen molar-refractivity contribution in [1.82, 2.24) is 0 Å². The van der Waals surface area contributed by atoms with Crippen LogP contribution in [0, 0.1) is 13.8 Å². The van der Waals surface area contributed by atoms with Crippen molar-refractivity contribution < 1.29 is 13.2 Å². The van der Waals surface area contributed by atoms with Crippen LogP contribution >= 0.6 is 0 Å². The number of hydrogen-bond donors (Lipinski definition) is 1. The molecule has 0 radical (unpaired) electrons. The Bertz CT molecular complexity index is 981. The summed E-state index contributed by atoms with van der Waals surface area (Å²) >= 11 is 0. The standard InChI is InChI=1S/C13H13NO2S.C11H14O/c1-11-7-9-12(10-8-11)14-17(15,16)13-5-3-2-4-6-13;1-3-4-9-12-11-7-5-10(2)6-8-11/h2-10,14H,1H3;3,5-8H,1,4,9H2,2H3. The zero-order chi connectivity index (χ0) is 21.1.